The van der Waals surface area contributed by atoms with E-state index < -0.39 is 0 Å². The fourth-order valence-corrected chi connectivity index (χ4v) is 1.71. The lowest BCUT2D eigenvalue weighted by Gasteiger charge is -2.01. The average molecular weight is 266 g/mol. The highest BCUT2D eigenvalue weighted by Crippen LogP contribution is 2.23. The lowest BCUT2D eigenvalue weighted by atomic mass is 10.1. The van der Waals surface area contributed by atoms with Crippen molar-refractivity contribution in [2.45, 2.75) is 27.3 Å². The summed E-state index contributed by atoms with van der Waals surface area (Å²) >= 11 is 6.08. The van der Waals surface area contributed by atoms with Crippen LogP contribution < -0.4 is 5.73 Å². The number of benzene rings is 1. The Hall–Kier alpha value is -1.32. The first kappa shape index (κ1) is 14.7. The summed E-state index contributed by atoms with van der Waals surface area (Å²) in [7, 11) is 0. The Bertz CT molecular complexity index is 492. The fraction of sp³-hybridized carbons (Fsp3) is 0.357. The third-order valence-corrected chi connectivity index (χ3v) is 2.87. The van der Waals surface area contributed by atoms with Gasteiger partial charge in [0.15, 0.2) is 0 Å². The van der Waals surface area contributed by atoms with Gasteiger partial charge >= 0.3 is 0 Å². The molecule has 0 spiro atoms. The quantitative estimate of drug-likeness (QED) is 0.923. The lowest BCUT2D eigenvalue weighted by Crippen LogP contribution is -2.09. The standard InChI is InChI=1S/C12H14ClN3.C2H6/c1-9-2-3-10(8-11(9)13)12-4-6-16(15-12)7-5-14;1-2/h2-4,6,8H,5,7,14H2,1H3;1-2H3. The number of nitrogens with zero attached hydrogens (tertiary/aromatic N) is 2. The Morgan fingerprint density at radius 2 is 2.00 bits per heavy atom. The van der Waals surface area contributed by atoms with Gasteiger partial charge in [-0.2, -0.15) is 5.10 Å². The van der Waals surface area contributed by atoms with E-state index in [4.69, 9.17) is 17.3 Å². The Labute approximate surface area is 114 Å². The maximum Gasteiger partial charge on any atom is 0.0923 e. The lowest BCUT2D eigenvalue weighted by molar-refractivity contribution is 0.627. The van der Waals surface area contributed by atoms with E-state index in [9.17, 15) is 0 Å². The van der Waals surface area contributed by atoms with Gasteiger partial charge in [-0.25, -0.2) is 0 Å². The largest absolute Gasteiger partial charge is 0.329 e. The summed E-state index contributed by atoms with van der Waals surface area (Å²) in [4.78, 5) is 0. The van der Waals surface area contributed by atoms with E-state index in [0.29, 0.717) is 6.54 Å². The molecule has 18 heavy (non-hydrogen) atoms. The molecule has 0 unspecified atom stereocenters. The molecule has 1 aromatic carbocycles. The number of halogens is 1. The van der Waals surface area contributed by atoms with E-state index in [0.717, 1.165) is 28.4 Å². The van der Waals surface area contributed by atoms with Gasteiger partial charge in [0.05, 0.1) is 12.2 Å². The Balaban J connectivity index is 0.000000771. The van der Waals surface area contributed by atoms with Gasteiger partial charge in [0, 0.05) is 23.3 Å². The molecule has 2 N–H and O–H groups in total. The minimum Gasteiger partial charge on any atom is -0.329 e. The third-order valence-electron chi connectivity index (χ3n) is 2.47. The van der Waals surface area contributed by atoms with Gasteiger partial charge in [0.25, 0.3) is 0 Å². The van der Waals surface area contributed by atoms with E-state index >= 15 is 0 Å². The average Bonchev–Trinajstić information content (AvgIpc) is 2.84. The predicted octanol–water partition coefficient (Wildman–Crippen LogP) is 3.50. The second-order valence-corrected chi connectivity index (χ2v) is 4.12. The number of hydrogen-bond acceptors (Lipinski definition) is 2. The smallest absolute Gasteiger partial charge is 0.0923 e. The topological polar surface area (TPSA) is 43.8 Å². The number of aromatic nitrogens is 2. The van der Waals surface area contributed by atoms with Crippen molar-refractivity contribution in [2.24, 2.45) is 5.73 Å². The zero-order valence-corrected chi connectivity index (χ0v) is 11.9. The van der Waals surface area contributed by atoms with Gasteiger partial charge in [-0.3, -0.25) is 4.68 Å². The van der Waals surface area contributed by atoms with Crippen LogP contribution in [0.4, 0.5) is 0 Å². The van der Waals surface area contributed by atoms with Crippen molar-refractivity contribution in [3.05, 3.63) is 41.0 Å². The summed E-state index contributed by atoms with van der Waals surface area (Å²) in [6.07, 6.45) is 1.93. The van der Waals surface area contributed by atoms with Gasteiger partial charge in [-0.15, -0.1) is 0 Å². The Morgan fingerprint density at radius 1 is 1.28 bits per heavy atom. The van der Waals surface area contributed by atoms with Crippen LogP contribution in [0.3, 0.4) is 0 Å². The predicted molar refractivity (Wildman–Crippen MR) is 77.8 cm³/mol. The molecule has 2 rings (SSSR count). The molecule has 0 aliphatic rings. The van der Waals surface area contributed by atoms with Gasteiger partial charge in [-0.1, -0.05) is 37.6 Å². The molecule has 0 amide bonds. The monoisotopic (exact) mass is 265 g/mol. The highest BCUT2D eigenvalue weighted by Gasteiger charge is 2.04. The molecule has 0 aliphatic heterocycles. The molecule has 4 heteroatoms. The minimum absolute atomic E-state index is 0.593. The van der Waals surface area contributed by atoms with Crippen molar-refractivity contribution >= 4 is 11.6 Å². The zero-order chi connectivity index (χ0) is 13.5. The van der Waals surface area contributed by atoms with Gasteiger partial charge in [0.1, 0.15) is 0 Å². The van der Waals surface area contributed by atoms with Crippen LogP contribution in [-0.4, -0.2) is 16.3 Å². The molecular formula is C14H20ClN3. The first-order valence-electron chi connectivity index (χ1n) is 6.21. The summed E-state index contributed by atoms with van der Waals surface area (Å²) in [6.45, 7) is 7.31. The van der Waals surface area contributed by atoms with Gasteiger partial charge in [0.2, 0.25) is 0 Å². The second-order valence-electron chi connectivity index (χ2n) is 3.72. The molecule has 0 saturated carbocycles. The molecule has 0 aliphatic carbocycles. The molecule has 0 bridgehead atoms. The highest BCUT2D eigenvalue weighted by atomic mass is 35.5. The maximum absolute atomic E-state index is 6.08. The van der Waals surface area contributed by atoms with Crippen molar-refractivity contribution in [3.63, 3.8) is 0 Å². The van der Waals surface area contributed by atoms with Crippen LogP contribution in [0, 0.1) is 6.92 Å². The summed E-state index contributed by atoms with van der Waals surface area (Å²) in [5.74, 6) is 0. The van der Waals surface area contributed by atoms with Crippen LogP contribution in [0.2, 0.25) is 5.02 Å². The number of aryl methyl sites for hydroxylation is 1. The minimum atomic E-state index is 0.593. The van der Waals surface area contributed by atoms with E-state index in [1.807, 2.05) is 55.9 Å². The molecule has 0 fully saturated rings. The number of rotatable bonds is 3. The van der Waals surface area contributed by atoms with Crippen molar-refractivity contribution in [1.29, 1.82) is 0 Å². The van der Waals surface area contributed by atoms with E-state index in [1.165, 1.54) is 0 Å². The van der Waals surface area contributed by atoms with Crippen LogP contribution in [0.15, 0.2) is 30.5 Å². The molecule has 3 nitrogen and oxygen atoms in total. The van der Waals surface area contributed by atoms with Crippen molar-refractivity contribution < 1.29 is 0 Å². The van der Waals surface area contributed by atoms with Gasteiger partial charge in [-0.05, 0) is 24.6 Å². The molecular weight excluding hydrogens is 246 g/mol. The van der Waals surface area contributed by atoms with Gasteiger partial charge < -0.3 is 5.73 Å². The number of hydrogen-bond donors (Lipinski definition) is 1. The Kier molecular flexibility index (Phi) is 5.89. The first-order chi connectivity index (χ1) is 8.70. The third kappa shape index (κ3) is 3.59. The molecule has 0 saturated heterocycles. The molecule has 98 valence electrons. The molecule has 1 heterocycles. The molecule has 1 aromatic heterocycles. The van der Waals surface area contributed by atoms with Crippen molar-refractivity contribution in [1.82, 2.24) is 9.78 Å². The van der Waals surface area contributed by atoms with Crippen molar-refractivity contribution in [2.75, 3.05) is 6.54 Å². The van der Waals surface area contributed by atoms with E-state index in [2.05, 4.69) is 5.10 Å². The van der Waals surface area contributed by atoms with Crippen LogP contribution in [0.1, 0.15) is 19.4 Å². The van der Waals surface area contributed by atoms with Crippen molar-refractivity contribution in [3.8, 4) is 11.3 Å². The summed E-state index contributed by atoms with van der Waals surface area (Å²) in [6, 6.07) is 7.93. The molecule has 2 aromatic rings. The maximum atomic E-state index is 6.08. The second kappa shape index (κ2) is 7.19. The van der Waals surface area contributed by atoms with Crippen LogP contribution in [-0.2, 0) is 6.54 Å². The molecule has 0 radical (unpaired) electrons. The SMILES string of the molecule is CC.Cc1ccc(-c2ccn(CCN)n2)cc1Cl. The highest BCUT2D eigenvalue weighted by molar-refractivity contribution is 6.31. The zero-order valence-electron chi connectivity index (χ0n) is 11.2. The normalized spacial score (nSPS) is 9.83. The van der Waals surface area contributed by atoms with Crippen LogP contribution >= 0.6 is 11.6 Å². The van der Waals surface area contributed by atoms with E-state index in [-0.39, 0.29) is 0 Å². The Morgan fingerprint density at radius 3 is 2.61 bits per heavy atom. The number of nitrogens with two attached hydrogens (primary N) is 1. The summed E-state index contributed by atoms with van der Waals surface area (Å²) < 4.78 is 1.84. The van der Waals surface area contributed by atoms with Crippen LogP contribution in [0.25, 0.3) is 11.3 Å². The molecule has 0 atom stereocenters. The first-order valence-corrected chi connectivity index (χ1v) is 6.58. The summed E-state index contributed by atoms with van der Waals surface area (Å²) in [5, 5.41) is 5.19. The summed E-state index contributed by atoms with van der Waals surface area (Å²) in [5.41, 5.74) is 8.51. The fourth-order valence-electron chi connectivity index (χ4n) is 1.52. The van der Waals surface area contributed by atoms with E-state index in [1.54, 1.807) is 0 Å². The van der Waals surface area contributed by atoms with Crippen LogP contribution in [0.5, 0.6) is 0 Å².